The molecule has 0 aliphatic rings. The summed E-state index contributed by atoms with van der Waals surface area (Å²) in [5, 5.41) is 1.60. The summed E-state index contributed by atoms with van der Waals surface area (Å²) >= 11 is 6.15. The summed E-state index contributed by atoms with van der Waals surface area (Å²) < 4.78 is 14.9. The maximum Gasteiger partial charge on any atom is 0.264 e. The first kappa shape index (κ1) is 13.8. The fourth-order valence-electron chi connectivity index (χ4n) is 2.44. The van der Waals surface area contributed by atoms with E-state index in [-0.39, 0.29) is 5.56 Å². The zero-order valence-corrected chi connectivity index (χ0v) is 12.1. The number of nitrogens with zero attached hydrogens (tertiary/aromatic N) is 2. The molecule has 0 saturated carbocycles. The number of benzene rings is 1. The number of halogens is 2. The van der Waals surface area contributed by atoms with Gasteiger partial charge in [-0.15, -0.1) is 0 Å². The Hall–Kier alpha value is -2.20. The highest BCUT2D eigenvalue weighted by atomic mass is 35.5. The zero-order chi connectivity index (χ0) is 15.0. The molecule has 2 heterocycles. The molecule has 106 valence electrons. The second-order valence-corrected chi connectivity index (χ2v) is 5.10. The molecule has 0 bridgehead atoms. The lowest BCUT2D eigenvalue weighted by atomic mass is 10.1. The molecular weight excluding hydrogens is 291 g/mol. The minimum absolute atomic E-state index is 0.262. The van der Waals surface area contributed by atoms with Gasteiger partial charge in [0.15, 0.2) is 0 Å². The van der Waals surface area contributed by atoms with E-state index in [9.17, 15) is 9.18 Å². The van der Waals surface area contributed by atoms with Crippen molar-refractivity contribution in [1.29, 1.82) is 0 Å². The Kier molecular flexibility index (Phi) is 3.47. The van der Waals surface area contributed by atoms with Gasteiger partial charge in [0.2, 0.25) is 0 Å². The minimum atomic E-state index is -0.485. The Labute approximate surface area is 125 Å². The molecule has 0 unspecified atom stereocenters. The maximum atomic E-state index is 13.4. The van der Waals surface area contributed by atoms with Crippen LogP contribution in [0.1, 0.15) is 12.6 Å². The largest absolute Gasteiger partial charge is 0.279 e. The summed E-state index contributed by atoms with van der Waals surface area (Å²) in [4.78, 5) is 16.6. The molecule has 21 heavy (non-hydrogen) atoms. The summed E-state index contributed by atoms with van der Waals surface area (Å²) in [5.41, 5.74) is 0.920. The van der Waals surface area contributed by atoms with Crippen LogP contribution in [0.4, 0.5) is 4.39 Å². The minimum Gasteiger partial charge on any atom is -0.279 e. The van der Waals surface area contributed by atoms with Gasteiger partial charge in [-0.1, -0.05) is 30.7 Å². The van der Waals surface area contributed by atoms with E-state index in [1.165, 1.54) is 16.8 Å². The number of hydrogen-bond donors (Lipinski definition) is 0. The lowest BCUT2D eigenvalue weighted by Crippen LogP contribution is -2.22. The molecule has 3 aromatic rings. The standard InChI is InChI=1S/C16H12ClFN2O/c1-2-12-6-10-4-3-5-14(17)15(10)16(21)20(12)13-7-11(18)8-19-9-13/h3-9H,2H2,1H3. The van der Waals surface area contributed by atoms with Gasteiger partial charge >= 0.3 is 0 Å². The summed E-state index contributed by atoms with van der Waals surface area (Å²) in [6.45, 7) is 1.94. The number of hydrogen-bond acceptors (Lipinski definition) is 2. The quantitative estimate of drug-likeness (QED) is 0.723. The number of aryl methyl sites for hydroxylation is 1. The Morgan fingerprint density at radius 1 is 1.29 bits per heavy atom. The van der Waals surface area contributed by atoms with Crippen molar-refractivity contribution in [3.05, 3.63) is 69.6 Å². The van der Waals surface area contributed by atoms with Crippen LogP contribution in [0, 0.1) is 5.82 Å². The average molecular weight is 303 g/mol. The van der Waals surface area contributed by atoms with Gasteiger partial charge in [0.05, 0.1) is 28.5 Å². The predicted octanol–water partition coefficient (Wildman–Crippen LogP) is 3.74. The van der Waals surface area contributed by atoms with E-state index in [4.69, 9.17) is 11.6 Å². The van der Waals surface area contributed by atoms with Gasteiger partial charge in [-0.05, 0) is 23.9 Å². The SMILES string of the molecule is CCc1cc2cccc(Cl)c2c(=O)n1-c1cncc(F)c1. The Morgan fingerprint density at radius 3 is 2.81 bits per heavy atom. The van der Waals surface area contributed by atoms with E-state index in [1.807, 2.05) is 19.1 Å². The van der Waals surface area contributed by atoms with Crippen molar-refractivity contribution in [2.75, 3.05) is 0 Å². The second-order valence-electron chi connectivity index (χ2n) is 4.70. The van der Waals surface area contributed by atoms with Crippen LogP contribution in [-0.2, 0) is 6.42 Å². The van der Waals surface area contributed by atoms with E-state index in [2.05, 4.69) is 4.98 Å². The van der Waals surface area contributed by atoms with Crippen LogP contribution >= 0.6 is 11.6 Å². The van der Waals surface area contributed by atoms with E-state index in [0.29, 0.717) is 22.5 Å². The van der Waals surface area contributed by atoms with Crippen LogP contribution in [0.5, 0.6) is 0 Å². The van der Waals surface area contributed by atoms with Crippen LogP contribution in [0.25, 0.3) is 16.5 Å². The van der Waals surface area contributed by atoms with Gasteiger partial charge in [0.25, 0.3) is 5.56 Å². The molecule has 0 aliphatic carbocycles. The van der Waals surface area contributed by atoms with Gasteiger partial charge in [-0.3, -0.25) is 14.3 Å². The number of rotatable bonds is 2. The topological polar surface area (TPSA) is 34.9 Å². The summed E-state index contributed by atoms with van der Waals surface area (Å²) in [5.74, 6) is -0.485. The molecular formula is C16H12ClFN2O. The van der Waals surface area contributed by atoms with Crippen LogP contribution in [0.3, 0.4) is 0 Å². The second kappa shape index (κ2) is 5.30. The highest BCUT2D eigenvalue weighted by molar-refractivity contribution is 6.35. The van der Waals surface area contributed by atoms with Crippen LogP contribution in [-0.4, -0.2) is 9.55 Å². The van der Waals surface area contributed by atoms with Crippen molar-refractivity contribution in [1.82, 2.24) is 9.55 Å². The van der Waals surface area contributed by atoms with Gasteiger partial charge in [-0.2, -0.15) is 0 Å². The fourth-order valence-corrected chi connectivity index (χ4v) is 2.70. The molecule has 3 rings (SSSR count). The summed E-state index contributed by atoms with van der Waals surface area (Å²) in [6.07, 6.45) is 3.20. The third-order valence-electron chi connectivity index (χ3n) is 3.38. The van der Waals surface area contributed by atoms with Gasteiger partial charge in [0, 0.05) is 11.8 Å². The molecule has 2 aromatic heterocycles. The molecule has 3 nitrogen and oxygen atoms in total. The molecule has 0 aliphatic heterocycles. The normalized spacial score (nSPS) is 11.0. The Balaban J connectivity index is 2.44. The lowest BCUT2D eigenvalue weighted by Gasteiger charge is -2.13. The van der Waals surface area contributed by atoms with Gasteiger partial charge in [0.1, 0.15) is 5.82 Å². The highest BCUT2D eigenvalue weighted by Gasteiger charge is 2.13. The molecule has 1 aromatic carbocycles. The van der Waals surface area contributed by atoms with Crippen molar-refractivity contribution in [2.45, 2.75) is 13.3 Å². The molecule has 5 heteroatoms. The summed E-state index contributed by atoms with van der Waals surface area (Å²) in [7, 11) is 0. The number of fused-ring (bicyclic) bond motifs is 1. The van der Waals surface area contributed by atoms with E-state index < -0.39 is 5.82 Å². The molecule has 0 saturated heterocycles. The van der Waals surface area contributed by atoms with Crippen LogP contribution in [0.15, 0.2) is 47.5 Å². The van der Waals surface area contributed by atoms with Gasteiger partial charge in [-0.25, -0.2) is 4.39 Å². The van der Waals surface area contributed by atoms with E-state index in [1.54, 1.807) is 12.1 Å². The predicted molar refractivity (Wildman–Crippen MR) is 81.7 cm³/mol. The third kappa shape index (κ3) is 2.32. The van der Waals surface area contributed by atoms with Crippen LogP contribution in [0.2, 0.25) is 5.02 Å². The lowest BCUT2D eigenvalue weighted by molar-refractivity contribution is 0.619. The molecule has 0 fully saturated rings. The first-order valence-corrected chi connectivity index (χ1v) is 6.93. The molecule has 0 atom stereocenters. The zero-order valence-electron chi connectivity index (χ0n) is 11.3. The van der Waals surface area contributed by atoms with E-state index >= 15 is 0 Å². The van der Waals surface area contributed by atoms with Gasteiger partial charge < -0.3 is 0 Å². The first-order valence-electron chi connectivity index (χ1n) is 6.56. The average Bonchev–Trinajstić information content (AvgIpc) is 2.46. The number of aromatic nitrogens is 2. The monoisotopic (exact) mass is 302 g/mol. The molecule has 0 spiro atoms. The highest BCUT2D eigenvalue weighted by Crippen LogP contribution is 2.22. The fraction of sp³-hybridized carbons (Fsp3) is 0.125. The molecule has 0 N–H and O–H groups in total. The molecule has 0 radical (unpaired) electrons. The van der Waals surface area contributed by atoms with Crippen molar-refractivity contribution in [3.8, 4) is 5.69 Å². The maximum absolute atomic E-state index is 13.4. The summed E-state index contributed by atoms with van der Waals surface area (Å²) in [6, 6.07) is 8.50. The first-order chi connectivity index (χ1) is 10.1. The smallest absolute Gasteiger partial charge is 0.264 e. The van der Waals surface area contributed by atoms with Crippen molar-refractivity contribution in [3.63, 3.8) is 0 Å². The van der Waals surface area contributed by atoms with Crippen molar-refractivity contribution < 1.29 is 4.39 Å². The Bertz CT molecular complexity index is 889. The number of pyridine rings is 2. The third-order valence-corrected chi connectivity index (χ3v) is 3.70. The van der Waals surface area contributed by atoms with Crippen molar-refractivity contribution in [2.24, 2.45) is 0 Å². The van der Waals surface area contributed by atoms with Crippen LogP contribution < -0.4 is 5.56 Å². The molecule has 0 amide bonds. The van der Waals surface area contributed by atoms with Crippen molar-refractivity contribution >= 4 is 22.4 Å². The van der Waals surface area contributed by atoms with E-state index in [0.717, 1.165) is 17.3 Å². The Morgan fingerprint density at radius 2 is 2.10 bits per heavy atom.